The van der Waals surface area contributed by atoms with Gasteiger partial charge in [-0.15, -0.1) is 0 Å². The number of nitrogens with zero attached hydrogens (tertiary/aromatic N) is 2. The summed E-state index contributed by atoms with van der Waals surface area (Å²) in [6.07, 6.45) is 4.69. The summed E-state index contributed by atoms with van der Waals surface area (Å²) in [5.74, 6) is -0.564. The number of hydrogen-bond acceptors (Lipinski definition) is 4. The van der Waals surface area contributed by atoms with Crippen molar-refractivity contribution < 1.29 is 13.2 Å². The standard InChI is InChI=1S/C22H18Cl2N2O3S/c23-18-7-3-8-19(24)21(18)30(28,29)14-15-11-17(13-25-12-15)22(27)26-10-4-6-16-5-1-2-9-20(16)26/h1-3,5,7-9,11-13H,4,6,10,14H2. The molecule has 2 heterocycles. The number of carbonyl (C=O) groups is 1. The number of aromatic nitrogens is 1. The fraction of sp³-hybridized carbons (Fsp3) is 0.182. The number of aryl methyl sites for hydroxylation is 1. The molecule has 3 aromatic rings. The molecule has 0 bridgehead atoms. The van der Waals surface area contributed by atoms with E-state index in [0.717, 1.165) is 24.1 Å². The minimum Gasteiger partial charge on any atom is -0.308 e. The van der Waals surface area contributed by atoms with Crippen molar-refractivity contribution in [2.24, 2.45) is 0 Å². The van der Waals surface area contributed by atoms with Gasteiger partial charge in [-0.05, 0) is 48.2 Å². The number of rotatable bonds is 4. The van der Waals surface area contributed by atoms with Gasteiger partial charge in [0.05, 0.1) is 21.4 Å². The van der Waals surface area contributed by atoms with E-state index < -0.39 is 9.84 Å². The van der Waals surface area contributed by atoms with E-state index in [1.165, 1.54) is 24.5 Å². The molecule has 4 rings (SSSR count). The Hall–Kier alpha value is -2.41. The van der Waals surface area contributed by atoms with Crippen LogP contribution in [0.1, 0.15) is 27.9 Å². The number of sulfone groups is 1. The highest BCUT2D eigenvalue weighted by Crippen LogP contribution is 2.32. The van der Waals surface area contributed by atoms with Crippen molar-refractivity contribution in [1.29, 1.82) is 0 Å². The molecule has 8 heteroatoms. The lowest BCUT2D eigenvalue weighted by Gasteiger charge is -2.29. The molecule has 0 spiro atoms. The van der Waals surface area contributed by atoms with Crippen molar-refractivity contribution in [3.63, 3.8) is 0 Å². The Morgan fingerprint density at radius 3 is 2.53 bits per heavy atom. The van der Waals surface area contributed by atoms with Crippen LogP contribution in [0.4, 0.5) is 5.69 Å². The van der Waals surface area contributed by atoms with E-state index in [2.05, 4.69) is 4.98 Å². The van der Waals surface area contributed by atoms with Crippen molar-refractivity contribution in [1.82, 2.24) is 4.98 Å². The Morgan fingerprint density at radius 1 is 1.03 bits per heavy atom. The van der Waals surface area contributed by atoms with E-state index in [1.807, 2.05) is 24.3 Å². The summed E-state index contributed by atoms with van der Waals surface area (Å²) >= 11 is 12.1. The molecule has 2 aromatic carbocycles. The van der Waals surface area contributed by atoms with Crippen LogP contribution >= 0.6 is 23.2 Å². The van der Waals surface area contributed by atoms with Gasteiger partial charge in [-0.25, -0.2) is 8.42 Å². The topological polar surface area (TPSA) is 67.3 Å². The summed E-state index contributed by atoms with van der Waals surface area (Å²) in [7, 11) is -3.82. The largest absolute Gasteiger partial charge is 0.308 e. The lowest BCUT2D eigenvalue weighted by molar-refractivity contribution is 0.0984. The van der Waals surface area contributed by atoms with Gasteiger partial charge >= 0.3 is 0 Å². The van der Waals surface area contributed by atoms with Gasteiger partial charge < -0.3 is 4.90 Å². The van der Waals surface area contributed by atoms with Crippen LogP contribution in [-0.4, -0.2) is 25.9 Å². The van der Waals surface area contributed by atoms with Gasteiger partial charge in [0, 0.05) is 24.6 Å². The number of benzene rings is 2. The fourth-order valence-electron chi connectivity index (χ4n) is 3.66. The van der Waals surface area contributed by atoms with Crippen molar-refractivity contribution in [3.8, 4) is 0 Å². The Balaban J connectivity index is 1.63. The summed E-state index contributed by atoms with van der Waals surface area (Å²) in [5.41, 5.74) is 2.73. The number of para-hydroxylation sites is 1. The second kappa shape index (κ2) is 8.38. The third-order valence-electron chi connectivity index (χ3n) is 4.98. The predicted molar refractivity (Wildman–Crippen MR) is 118 cm³/mol. The number of pyridine rings is 1. The monoisotopic (exact) mass is 460 g/mol. The Bertz CT molecular complexity index is 1210. The van der Waals surface area contributed by atoms with Gasteiger partial charge in [0.2, 0.25) is 0 Å². The summed E-state index contributed by atoms with van der Waals surface area (Å²) in [6, 6.07) is 13.9. The van der Waals surface area contributed by atoms with E-state index in [1.54, 1.807) is 17.0 Å². The zero-order chi connectivity index (χ0) is 21.3. The number of hydrogen-bond donors (Lipinski definition) is 0. The van der Waals surface area contributed by atoms with Crippen molar-refractivity contribution in [2.75, 3.05) is 11.4 Å². The molecule has 0 unspecified atom stereocenters. The molecule has 0 atom stereocenters. The highest BCUT2D eigenvalue weighted by Gasteiger charge is 2.25. The third kappa shape index (κ3) is 4.08. The molecule has 0 saturated heterocycles. The minimum atomic E-state index is -3.82. The SMILES string of the molecule is O=C(c1cncc(CS(=O)(=O)c2c(Cl)cccc2Cl)c1)N1CCCc2ccccc21. The molecular formula is C22H18Cl2N2O3S. The first-order chi connectivity index (χ1) is 14.4. The van der Waals surface area contributed by atoms with Crippen LogP contribution in [0.3, 0.4) is 0 Å². The molecule has 1 aliphatic rings. The van der Waals surface area contributed by atoms with Gasteiger partial charge in [0.1, 0.15) is 4.90 Å². The van der Waals surface area contributed by atoms with Crippen LogP contribution in [0.15, 0.2) is 65.8 Å². The van der Waals surface area contributed by atoms with Crippen molar-refractivity contribution in [3.05, 3.63) is 87.7 Å². The minimum absolute atomic E-state index is 0.0626. The Kier molecular flexibility index (Phi) is 5.82. The zero-order valence-corrected chi connectivity index (χ0v) is 18.2. The smallest absolute Gasteiger partial charge is 0.259 e. The molecule has 1 aliphatic heterocycles. The first kappa shape index (κ1) is 20.8. The average molecular weight is 461 g/mol. The molecule has 154 valence electrons. The second-order valence-corrected chi connectivity index (χ2v) is 9.82. The normalized spacial score (nSPS) is 13.7. The lowest BCUT2D eigenvalue weighted by Crippen LogP contribution is -2.35. The number of halogens is 2. The molecule has 0 saturated carbocycles. The summed E-state index contributed by atoms with van der Waals surface area (Å²) in [4.78, 5) is 18.9. The van der Waals surface area contributed by atoms with Crippen LogP contribution in [-0.2, 0) is 22.0 Å². The fourth-order valence-corrected chi connectivity index (χ4v) is 6.23. The van der Waals surface area contributed by atoms with E-state index in [9.17, 15) is 13.2 Å². The summed E-state index contributed by atoms with van der Waals surface area (Å²) in [6.45, 7) is 0.605. The number of carbonyl (C=O) groups excluding carboxylic acids is 1. The Labute approximate surface area is 185 Å². The van der Waals surface area contributed by atoms with Crippen LogP contribution in [0, 0.1) is 0 Å². The van der Waals surface area contributed by atoms with Gasteiger partial charge in [-0.3, -0.25) is 9.78 Å². The molecule has 0 N–H and O–H groups in total. The maximum Gasteiger partial charge on any atom is 0.259 e. The first-order valence-electron chi connectivity index (χ1n) is 9.37. The van der Waals surface area contributed by atoms with E-state index in [-0.39, 0.29) is 26.6 Å². The van der Waals surface area contributed by atoms with E-state index in [0.29, 0.717) is 17.7 Å². The maximum atomic E-state index is 13.2. The molecule has 0 fully saturated rings. The second-order valence-electron chi connectivity index (χ2n) is 7.08. The molecule has 30 heavy (non-hydrogen) atoms. The van der Waals surface area contributed by atoms with Crippen molar-refractivity contribution >= 4 is 44.6 Å². The van der Waals surface area contributed by atoms with E-state index in [4.69, 9.17) is 23.2 Å². The summed E-state index contributed by atoms with van der Waals surface area (Å²) < 4.78 is 25.8. The summed E-state index contributed by atoms with van der Waals surface area (Å²) in [5, 5.41) is 0.125. The molecule has 0 aliphatic carbocycles. The lowest BCUT2D eigenvalue weighted by atomic mass is 10.0. The molecular weight excluding hydrogens is 443 g/mol. The predicted octanol–water partition coefficient (Wildman–Crippen LogP) is 4.96. The Morgan fingerprint density at radius 2 is 1.77 bits per heavy atom. The molecule has 0 radical (unpaired) electrons. The van der Waals surface area contributed by atoms with Crippen LogP contribution in [0.25, 0.3) is 0 Å². The third-order valence-corrected chi connectivity index (χ3v) is 7.61. The average Bonchev–Trinajstić information content (AvgIpc) is 2.72. The molecule has 1 amide bonds. The molecule has 5 nitrogen and oxygen atoms in total. The number of anilines is 1. The first-order valence-corrected chi connectivity index (χ1v) is 11.8. The van der Waals surface area contributed by atoms with Gasteiger partial charge in [-0.1, -0.05) is 47.5 Å². The van der Waals surface area contributed by atoms with Gasteiger partial charge in [0.25, 0.3) is 5.91 Å². The number of amides is 1. The quantitative estimate of drug-likeness (QED) is 0.551. The van der Waals surface area contributed by atoms with E-state index >= 15 is 0 Å². The van der Waals surface area contributed by atoms with Gasteiger partial charge in [0.15, 0.2) is 9.84 Å². The van der Waals surface area contributed by atoms with Crippen molar-refractivity contribution in [2.45, 2.75) is 23.5 Å². The highest BCUT2D eigenvalue weighted by atomic mass is 35.5. The van der Waals surface area contributed by atoms with Crippen LogP contribution < -0.4 is 4.90 Å². The van der Waals surface area contributed by atoms with Gasteiger partial charge in [-0.2, -0.15) is 0 Å². The van der Waals surface area contributed by atoms with Crippen LogP contribution in [0.2, 0.25) is 10.0 Å². The number of fused-ring (bicyclic) bond motifs is 1. The van der Waals surface area contributed by atoms with Crippen LogP contribution in [0.5, 0.6) is 0 Å². The zero-order valence-electron chi connectivity index (χ0n) is 15.9. The maximum absolute atomic E-state index is 13.2. The highest BCUT2D eigenvalue weighted by molar-refractivity contribution is 7.90. The molecule has 1 aromatic heterocycles.